The molecule has 1 N–H and O–H groups in total. The summed E-state index contributed by atoms with van der Waals surface area (Å²) in [6.45, 7) is 2.33. The van der Waals surface area contributed by atoms with E-state index in [4.69, 9.17) is 9.94 Å². The number of amides is 1. The number of rotatable bonds is 10. The van der Waals surface area contributed by atoms with Gasteiger partial charge >= 0.3 is 5.97 Å². The van der Waals surface area contributed by atoms with E-state index in [0.717, 1.165) is 23.5 Å². The summed E-state index contributed by atoms with van der Waals surface area (Å²) in [5, 5.41) is 10.2. The number of unbranched alkanes of at least 4 members (excludes halogenated alkanes) is 1. The normalized spacial score (nSPS) is 11.8. The monoisotopic (exact) mass is 279 g/mol. The van der Waals surface area contributed by atoms with E-state index in [9.17, 15) is 9.59 Å². The first kappa shape index (κ1) is 16.2. The first-order valence-electron chi connectivity index (χ1n) is 6.79. The molecule has 0 heterocycles. The highest BCUT2D eigenvalue weighted by Crippen LogP contribution is 2.11. The maximum atomic E-state index is 11.1. The van der Waals surface area contributed by atoms with E-state index < -0.39 is 11.9 Å². The molecule has 5 heteroatoms. The smallest absolute Gasteiger partial charge is 0.308 e. The minimum atomic E-state index is -0.895. The van der Waals surface area contributed by atoms with E-state index in [1.54, 1.807) is 0 Å². The molecule has 1 rings (SSSR count). The van der Waals surface area contributed by atoms with Gasteiger partial charge in [0, 0.05) is 0 Å². The van der Waals surface area contributed by atoms with Crippen LogP contribution in [0.15, 0.2) is 30.3 Å². The zero-order valence-electron chi connectivity index (χ0n) is 11.7. The van der Waals surface area contributed by atoms with Gasteiger partial charge in [-0.15, -0.1) is 0 Å². The Morgan fingerprint density at radius 3 is 2.65 bits per heavy atom. The topological polar surface area (TPSA) is 66.8 Å². The van der Waals surface area contributed by atoms with Gasteiger partial charge in [-0.05, 0) is 12.0 Å². The molecule has 0 radical (unpaired) electrons. The minimum absolute atomic E-state index is 0.0751. The summed E-state index contributed by atoms with van der Waals surface area (Å²) in [7, 11) is 0. The number of hydroxylamine groups is 2. The molecule has 110 valence electrons. The second kappa shape index (κ2) is 9.09. The molecule has 0 spiro atoms. The lowest BCUT2D eigenvalue weighted by atomic mass is 10.0. The van der Waals surface area contributed by atoms with Crippen LogP contribution in [0.4, 0.5) is 0 Å². The van der Waals surface area contributed by atoms with Crippen LogP contribution in [0, 0.1) is 5.92 Å². The molecule has 1 aromatic carbocycles. The Morgan fingerprint density at radius 1 is 1.40 bits per heavy atom. The Bertz CT molecular complexity index is 408. The molecule has 0 saturated carbocycles. The summed E-state index contributed by atoms with van der Waals surface area (Å²) in [6.07, 6.45) is 2.83. The minimum Gasteiger partial charge on any atom is -0.481 e. The molecule has 0 bridgehead atoms. The predicted octanol–water partition coefficient (Wildman–Crippen LogP) is 2.47. The van der Waals surface area contributed by atoms with Crippen LogP contribution in [-0.2, 0) is 21.0 Å². The third-order valence-corrected chi connectivity index (χ3v) is 3.01. The molecule has 0 unspecified atom stereocenters. The van der Waals surface area contributed by atoms with Gasteiger partial charge in [-0.25, -0.2) is 5.06 Å². The van der Waals surface area contributed by atoms with Gasteiger partial charge in [-0.2, -0.15) is 0 Å². The fraction of sp³-hybridized carbons (Fsp3) is 0.467. The summed E-state index contributed by atoms with van der Waals surface area (Å²) < 4.78 is 0. The van der Waals surface area contributed by atoms with E-state index in [1.165, 1.54) is 0 Å². The molecule has 5 nitrogen and oxygen atoms in total. The summed E-state index contributed by atoms with van der Waals surface area (Å²) in [5.74, 6) is -1.48. The first-order chi connectivity index (χ1) is 9.67. The van der Waals surface area contributed by atoms with Crippen LogP contribution in [0.2, 0.25) is 0 Å². The van der Waals surface area contributed by atoms with Gasteiger partial charge in [-0.1, -0.05) is 50.1 Å². The van der Waals surface area contributed by atoms with Crippen molar-refractivity contribution in [2.75, 3.05) is 6.54 Å². The molecular weight excluding hydrogens is 258 g/mol. The largest absolute Gasteiger partial charge is 0.481 e. The average Bonchev–Trinajstić information content (AvgIpc) is 2.47. The molecule has 0 saturated heterocycles. The molecule has 1 amide bonds. The number of aliphatic carboxylic acids is 1. The number of carboxylic acids is 1. The lowest BCUT2D eigenvalue weighted by Crippen LogP contribution is -2.32. The van der Waals surface area contributed by atoms with Gasteiger partial charge in [0.15, 0.2) is 0 Å². The number of hydrogen-bond acceptors (Lipinski definition) is 3. The number of hydrogen-bond donors (Lipinski definition) is 1. The summed E-state index contributed by atoms with van der Waals surface area (Å²) in [5.41, 5.74) is 0.930. The Kier molecular flexibility index (Phi) is 7.35. The van der Waals surface area contributed by atoms with Crippen molar-refractivity contribution in [2.24, 2.45) is 5.92 Å². The van der Waals surface area contributed by atoms with Crippen LogP contribution in [0.1, 0.15) is 31.7 Å². The average molecular weight is 279 g/mol. The van der Waals surface area contributed by atoms with Gasteiger partial charge in [0.25, 0.3) is 0 Å². The summed E-state index contributed by atoms with van der Waals surface area (Å²) in [6, 6.07) is 9.42. The Hall–Kier alpha value is -1.88. The van der Waals surface area contributed by atoms with Crippen molar-refractivity contribution >= 4 is 12.4 Å². The van der Waals surface area contributed by atoms with E-state index in [-0.39, 0.29) is 13.2 Å². The van der Waals surface area contributed by atoms with E-state index in [1.807, 2.05) is 37.3 Å². The van der Waals surface area contributed by atoms with Crippen molar-refractivity contribution in [2.45, 2.75) is 32.8 Å². The predicted molar refractivity (Wildman–Crippen MR) is 74.7 cm³/mol. The zero-order chi connectivity index (χ0) is 14.8. The van der Waals surface area contributed by atoms with E-state index in [0.29, 0.717) is 12.8 Å². The van der Waals surface area contributed by atoms with E-state index >= 15 is 0 Å². The number of carbonyl (C=O) groups is 2. The van der Waals surface area contributed by atoms with Crippen LogP contribution in [0.3, 0.4) is 0 Å². The second-order valence-electron chi connectivity index (χ2n) is 4.64. The molecule has 20 heavy (non-hydrogen) atoms. The number of carbonyl (C=O) groups excluding carboxylic acids is 1. The highest BCUT2D eigenvalue weighted by atomic mass is 16.7. The molecule has 0 aliphatic carbocycles. The maximum absolute atomic E-state index is 11.1. The number of benzene rings is 1. The second-order valence-corrected chi connectivity index (χ2v) is 4.64. The highest BCUT2D eigenvalue weighted by Gasteiger charge is 2.20. The van der Waals surface area contributed by atoms with Gasteiger partial charge < -0.3 is 5.11 Å². The molecular formula is C15H21NO4. The van der Waals surface area contributed by atoms with Crippen LogP contribution in [-0.4, -0.2) is 29.1 Å². The number of nitrogens with zero attached hydrogens (tertiary/aromatic N) is 1. The number of carboxylic acid groups (broad SMARTS) is 1. The van der Waals surface area contributed by atoms with Crippen molar-refractivity contribution < 1.29 is 19.5 Å². The van der Waals surface area contributed by atoms with Crippen LogP contribution in [0.5, 0.6) is 0 Å². The molecule has 0 fully saturated rings. The molecule has 0 aliphatic rings. The Morgan fingerprint density at radius 2 is 2.10 bits per heavy atom. The standard InChI is InChI=1S/C15H21NO4/c1-2-3-9-14(15(18)19)10-16(12-17)20-11-13-7-5-4-6-8-13/h4-8,12,14H,2-3,9-11H2,1H3,(H,18,19)/t14-/m0/s1. The third kappa shape index (κ3) is 5.84. The van der Waals surface area contributed by atoms with Gasteiger partial charge in [-0.3, -0.25) is 14.4 Å². The Labute approximate surface area is 119 Å². The van der Waals surface area contributed by atoms with Gasteiger partial charge in [0.1, 0.15) is 6.61 Å². The fourth-order valence-corrected chi connectivity index (χ4v) is 1.82. The van der Waals surface area contributed by atoms with Gasteiger partial charge in [0.2, 0.25) is 6.41 Å². The lowest BCUT2D eigenvalue weighted by Gasteiger charge is -2.21. The molecule has 0 aliphatic heterocycles. The zero-order valence-corrected chi connectivity index (χ0v) is 11.7. The Balaban J connectivity index is 2.48. The SMILES string of the molecule is CCCC[C@@H](CN(C=O)OCc1ccccc1)C(=O)O. The summed E-state index contributed by atoms with van der Waals surface area (Å²) >= 11 is 0. The van der Waals surface area contributed by atoms with Crippen molar-refractivity contribution in [3.05, 3.63) is 35.9 Å². The molecule has 0 aromatic heterocycles. The van der Waals surface area contributed by atoms with Crippen molar-refractivity contribution in [1.82, 2.24) is 5.06 Å². The molecule has 1 aromatic rings. The summed E-state index contributed by atoms with van der Waals surface area (Å²) in [4.78, 5) is 27.4. The van der Waals surface area contributed by atoms with Crippen molar-refractivity contribution in [1.29, 1.82) is 0 Å². The quantitative estimate of drug-likeness (QED) is 0.528. The van der Waals surface area contributed by atoms with Crippen LogP contribution in [0.25, 0.3) is 0 Å². The third-order valence-electron chi connectivity index (χ3n) is 3.01. The fourth-order valence-electron chi connectivity index (χ4n) is 1.82. The maximum Gasteiger partial charge on any atom is 0.308 e. The first-order valence-corrected chi connectivity index (χ1v) is 6.79. The van der Waals surface area contributed by atoms with Crippen molar-refractivity contribution in [3.63, 3.8) is 0 Å². The van der Waals surface area contributed by atoms with Crippen LogP contribution < -0.4 is 0 Å². The lowest BCUT2D eigenvalue weighted by molar-refractivity contribution is -0.184. The van der Waals surface area contributed by atoms with E-state index in [2.05, 4.69) is 0 Å². The highest BCUT2D eigenvalue weighted by molar-refractivity contribution is 5.70. The van der Waals surface area contributed by atoms with Crippen LogP contribution >= 0.6 is 0 Å². The molecule has 1 atom stereocenters. The van der Waals surface area contributed by atoms with Gasteiger partial charge in [0.05, 0.1) is 12.5 Å². The van der Waals surface area contributed by atoms with Crippen molar-refractivity contribution in [3.8, 4) is 0 Å².